The van der Waals surface area contributed by atoms with Gasteiger partial charge in [0.2, 0.25) is 5.91 Å². The Balaban J connectivity index is 1.86. The first-order chi connectivity index (χ1) is 10.1. The van der Waals surface area contributed by atoms with Crippen LogP contribution in [0.1, 0.15) is 27.9 Å². The summed E-state index contributed by atoms with van der Waals surface area (Å²) >= 11 is 0. The van der Waals surface area contributed by atoms with Gasteiger partial charge in [-0.05, 0) is 24.6 Å². The number of nitrogens with zero attached hydrogens (tertiary/aromatic N) is 1. The van der Waals surface area contributed by atoms with Crippen molar-refractivity contribution in [1.29, 1.82) is 0 Å². The van der Waals surface area contributed by atoms with Crippen molar-refractivity contribution in [2.75, 3.05) is 11.4 Å². The highest BCUT2D eigenvalue weighted by Crippen LogP contribution is 2.27. The van der Waals surface area contributed by atoms with Gasteiger partial charge in [0.05, 0.1) is 12.1 Å². The zero-order chi connectivity index (χ0) is 14.8. The quantitative estimate of drug-likeness (QED) is 0.846. The standard InChI is InChI=1S/C18H17NO2/c1-13-5-4-6-14(11-13)12-18(21)19-10-9-17(20)15-7-2-3-8-16(15)19/h2-8,11H,9-10,12H2,1H3. The number of para-hydroxylation sites is 1. The number of hydrogen-bond acceptors (Lipinski definition) is 2. The number of hydrogen-bond donors (Lipinski definition) is 0. The van der Waals surface area contributed by atoms with Gasteiger partial charge in [-0.25, -0.2) is 0 Å². The van der Waals surface area contributed by atoms with Crippen LogP contribution in [-0.4, -0.2) is 18.2 Å². The van der Waals surface area contributed by atoms with Gasteiger partial charge in [-0.3, -0.25) is 9.59 Å². The van der Waals surface area contributed by atoms with Crippen LogP contribution in [0.25, 0.3) is 0 Å². The van der Waals surface area contributed by atoms with E-state index < -0.39 is 0 Å². The summed E-state index contributed by atoms with van der Waals surface area (Å²) in [5.41, 5.74) is 3.55. The minimum absolute atomic E-state index is 0.0422. The molecule has 0 aromatic heterocycles. The number of Topliss-reactive ketones (excluding diaryl/α,β-unsaturated/α-hetero) is 1. The number of carbonyl (C=O) groups is 2. The molecule has 0 unspecified atom stereocenters. The second kappa shape index (κ2) is 5.52. The van der Waals surface area contributed by atoms with E-state index in [1.807, 2.05) is 49.4 Å². The largest absolute Gasteiger partial charge is 0.311 e. The van der Waals surface area contributed by atoms with Gasteiger partial charge in [0.25, 0.3) is 0 Å². The van der Waals surface area contributed by atoms with Crippen LogP contribution in [0, 0.1) is 6.92 Å². The Kier molecular flexibility index (Phi) is 3.57. The first-order valence-corrected chi connectivity index (χ1v) is 7.13. The summed E-state index contributed by atoms with van der Waals surface area (Å²) in [7, 11) is 0. The third kappa shape index (κ3) is 2.72. The highest BCUT2D eigenvalue weighted by Gasteiger charge is 2.26. The minimum atomic E-state index is 0.0422. The lowest BCUT2D eigenvalue weighted by molar-refractivity contribution is -0.118. The minimum Gasteiger partial charge on any atom is -0.311 e. The van der Waals surface area contributed by atoms with Gasteiger partial charge in [0.1, 0.15) is 0 Å². The molecule has 21 heavy (non-hydrogen) atoms. The maximum absolute atomic E-state index is 12.6. The van der Waals surface area contributed by atoms with Gasteiger partial charge in [0, 0.05) is 18.5 Å². The van der Waals surface area contributed by atoms with Gasteiger partial charge >= 0.3 is 0 Å². The van der Waals surface area contributed by atoms with Gasteiger partial charge in [-0.1, -0.05) is 42.0 Å². The van der Waals surface area contributed by atoms with Crippen molar-refractivity contribution in [2.24, 2.45) is 0 Å². The Bertz CT molecular complexity index is 706. The molecular formula is C18H17NO2. The molecule has 1 amide bonds. The van der Waals surface area contributed by atoms with E-state index in [-0.39, 0.29) is 11.7 Å². The van der Waals surface area contributed by atoms with E-state index >= 15 is 0 Å². The summed E-state index contributed by atoms with van der Waals surface area (Å²) in [5, 5.41) is 0. The third-order valence-corrected chi connectivity index (χ3v) is 3.80. The van der Waals surface area contributed by atoms with Crippen molar-refractivity contribution in [3.8, 4) is 0 Å². The summed E-state index contributed by atoms with van der Waals surface area (Å²) in [4.78, 5) is 26.2. The molecule has 0 N–H and O–H groups in total. The SMILES string of the molecule is Cc1cccc(CC(=O)N2CCC(=O)c3ccccc32)c1. The molecule has 0 saturated carbocycles. The highest BCUT2D eigenvalue weighted by atomic mass is 16.2. The van der Waals surface area contributed by atoms with Crippen LogP contribution in [0.15, 0.2) is 48.5 Å². The zero-order valence-electron chi connectivity index (χ0n) is 12.0. The molecule has 3 rings (SSSR count). The monoisotopic (exact) mass is 279 g/mol. The van der Waals surface area contributed by atoms with E-state index in [1.54, 1.807) is 11.0 Å². The molecule has 0 bridgehead atoms. The Morgan fingerprint density at radius 3 is 2.76 bits per heavy atom. The highest BCUT2D eigenvalue weighted by molar-refractivity contribution is 6.09. The summed E-state index contributed by atoms with van der Waals surface area (Å²) < 4.78 is 0. The number of amides is 1. The van der Waals surface area contributed by atoms with Crippen molar-refractivity contribution in [2.45, 2.75) is 19.8 Å². The fraction of sp³-hybridized carbons (Fsp3) is 0.222. The number of benzene rings is 2. The van der Waals surface area contributed by atoms with E-state index in [0.29, 0.717) is 24.9 Å². The topological polar surface area (TPSA) is 37.4 Å². The van der Waals surface area contributed by atoms with Gasteiger partial charge < -0.3 is 4.90 Å². The summed E-state index contributed by atoms with van der Waals surface area (Å²) in [6.45, 7) is 2.49. The summed E-state index contributed by atoms with van der Waals surface area (Å²) in [5.74, 6) is 0.158. The molecule has 1 aliphatic heterocycles. The fourth-order valence-corrected chi connectivity index (χ4v) is 2.76. The van der Waals surface area contributed by atoms with E-state index in [1.165, 1.54) is 0 Å². The number of anilines is 1. The van der Waals surface area contributed by atoms with E-state index in [4.69, 9.17) is 0 Å². The molecule has 106 valence electrons. The molecule has 0 atom stereocenters. The van der Waals surface area contributed by atoms with E-state index in [0.717, 1.165) is 16.8 Å². The molecule has 0 saturated heterocycles. The van der Waals surface area contributed by atoms with Crippen molar-refractivity contribution >= 4 is 17.4 Å². The number of fused-ring (bicyclic) bond motifs is 1. The molecule has 2 aromatic rings. The molecule has 3 heteroatoms. The van der Waals surface area contributed by atoms with Crippen molar-refractivity contribution in [3.63, 3.8) is 0 Å². The molecule has 2 aromatic carbocycles. The lowest BCUT2D eigenvalue weighted by atomic mass is 9.99. The van der Waals surface area contributed by atoms with Crippen LogP contribution in [0.3, 0.4) is 0 Å². The van der Waals surface area contributed by atoms with Gasteiger partial charge in [-0.2, -0.15) is 0 Å². The first-order valence-electron chi connectivity index (χ1n) is 7.13. The van der Waals surface area contributed by atoms with Crippen LogP contribution in [0.5, 0.6) is 0 Å². The van der Waals surface area contributed by atoms with Crippen molar-refractivity contribution in [1.82, 2.24) is 0 Å². The number of ketones is 1. The number of aryl methyl sites for hydroxylation is 1. The fourth-order valence-electron chi connectivity index (χ4n) is 2.76. The maximum Gasteiger partial charge on any atom is 0.231 e. The summed E-state index contributed by atoms with van der Waals surface area (Å²) in [6.07, 6.45) is 0.765. The first kappa shape index (κ1) is 13.6. The van der Waals surface area contributed by atoms with E-state index in [2.05, 4.69) is 0 Å². The molecule has 0 aliphatic carbocycles. The summed E-state index contributed by atoms with van der Waals surface area (Å²) in [6, 6.07) is 15.3. The average molecular weight is 279 g/mol. The van der Waals surface area contributed by atoms with Gasteiger partial charge in [-0.15, -0.1) is 0 Å². The van der Waals surface area contributed by atoms with Crippen LogP contribution in [0.4, 0.5) is 5.69 Å². The second-order valence-electron chi connectivity index (χ2n) is 5.40. The predicted octanol–water partition coefficient (Wildman–Crippen LogP) is 3.16. The molecule has 3 nitrogen and oxygen atoms in total. The van der Waals surface area contributed by atoms with Crippen LogP contribution < -0.4 is 4.90 Å². The molecule has 0 spiro atoms. The molecule has 0 radical (unpaired) electrons. The Hall–Kier alpha value is -2.42. The van der Waals surface area contributed by atoms with Gasteiger partial charge in [0.15, 0.2) is 5.78 Å². The smallest absolute Gasteiger partial charge is 0.231 e. The molecule has 0 fully saturated rings. The average Bonchev–Trinajstić information content (AvgIpc) is 2.48. The second-order valence-corrected chi connectivity index (χ2v) is 5.40. The number of carbonyl (C=O) groups excluding carboxylic acids is 2. The Morgan fingerprint density at radius 1 is 1.14 bits per heavy atom. The maximum atomic E-state index is 12.6. The van der Waals surface area contributed by atoms with Crippen molar-refractivity contribution in [3.05, 3.63) is 65.2 Å². The number of rotatable bonds is 2. The molecule has 1 aliphatic rings. The van der Waals surface area contributed by atoms with E-state index in [9.17, 15) is 9.59 Å². The lowest BCUT2D eigenvalue weighted by Crippen LogP contribution is -2.38. The third-order valence-electron chi connectivity index (χ3n) is 3.80. The predicted molar refractivity (Wildman–Crippen MR) is 82.6 cm³/mol. The molecule has 1 heterocycles. The molecular weight excluding hydrogens is 262 g/mol. The zero-order valence-corrected chi connectivity index (χ0v) is 12.0. The lowest BCUT2D eigenvalue weighted by Gasteiger charge is -2.28. The van der Waals surface area contributed by atoms with Crippen LogP contribution in [0.2, 0.25) is 0 Å². The van der Waals surface area contributed by atoms with Crippen LogP contribution >= 0.6 is 0 Å². The Labute approximate surface area is 124 Å². The van der Waals surface area contributed by atoms with Crippen molar-refractivity contribution < 1.29 is 9.59 Å². The normalized spacial score (nSPS) is 14.0. The van der Waals surface area contributed by atoms with Crippen LogP contribution in [-0.2, 0) is 11.2 Å². The Morgan fingerprint density at radius 2 is 1.95 bits per heavy atom.